The van der Waals surface area contributed by atoms with Gasteiger partial charge in [-0.15, -0.1) is 11.3 Å². The van der Waals surface area contributed by atoms with Crippen LogP contribution in [0.5, 0.6) is 0 Å². The lowest BCUT2D eigenvalue weighted by Crippen LogP contribution is -2.41. The van der Waals surface area contributed by atoms with Gasteiger partial charge in [0.15, 0.2) is 5.96 Å². The molecule has 0 aliphatic carbocycles. The van der Waals surface area contributed by atoms with E-state index in [-0.39, 0.29) is 0 Å². The Morgan fingerprint density at radius 1 is 1.24 bits per heavy atom. The number of rotatable bonds is 7. The molecule has 0 bridgehead atoms. The van der Waals surface area contributed by atoms with E-state index in [0.29, 0.717) is 6.54 Å². The van der Waals surface area contributed by atoms with Gasteiger partial charge in [0.05, 0.1) is 12.2 Å². The Bertz CT molecular complexity index is 525. The molecule has 1 fully saturated rings. The maximum Gasteiger partial charge on any atom is 0.191 e. The van der Waals surface area contributed by atoms with Gasteiger partial charge in [0, 0.05) is 31.1 Å². The number of aromatic nitrogens is 1. The number of thiazole rings is 1. The van der Waals surface area contributed by atoms with Gasteiger partial charge >= 0.3 is 0 Å². The molecule has 0 amide bonds. The molecule has 0 aromatic carbocycles. The smallest absolute Gasteiger partial charge is 0.191 e. The van der Waals surface area contributed by atoms with Crippen LogP contribution in [0, 0.1) is 25.7 Å². The number of guanidine groups is 1. The lowest BCUT2D eigenvalue weighted by atomic mass is 9.92. The Kier molecular flexibility index (Phi) is 8.16. The van der Waals surface area contributed by atoms with Crippen molar-refractivity contribution in [3.8, 4) is 0 Å². The highest BCUT2D eigenvalue weighted by atomic mass is 32.1. The zero-order chi connectivity index (χ0) is 18.2. The minimum Gasteiger partial charge on any atom is -0.357 e. The average molecular weight is 366 g/mol. The predicted octanol–water partition coefficient (Wildman–Crippen LogP) is 3.18. The Hall–Kier alpha value is -1.14. The summed E-state index contributed by atoms with van der Waals surface area (Å²) in [7, 11) is 0. The highest BCUT2D eigenvalue weighted by Crippen LogP contribution is 2.20. The van der Waals surface area contributed by atoms with Crippen molar-refractivity contribution in [1.82, 2.24) is 20.5 Å². The van der Waals surface area contributed by atoms with Gasteiger partial charge in [-0.3, -0.25) is 0 Å². The molecule has 2 rings (SSSR count). The molecule has 1 aliphatic heterocycles. The average Bonchev–Trinajstić information content (AvgIpc) is 2.86. The molecule has 25 heavy (non-hydrogen) atoms. The van der Waals surface area contributed by atoms with Crippen LogP contribution in [0.1, 0.15) is 49.2 Å². The van der Waals surface area contributed by atoms with Crippen LogP contribution in [0.2, 0.25) is 0 Å². The van der Waals surface area contributed by atoms with Crippen LogP contribution in [0.15, 0.2) is 4.99 Å². The Morgan fingerprint density at radius 2 is 1.96 bits per heavy atom. The van der Waals surface area contributed by atoms with Gasteiger partial charge in [0.1, 0.15) is 5.01 Å². The van der Waals surface area contributed by atoms with Crippen molar-refractivity contribution in [1.29, 1.82) is 0 Å². The number of hydrogen-bond acceptors (Lipinski definition) is 4. The first-order chi connectivity index (χ1) is 12.0. The second-order valence-corrected chi connectivity index (χ2v) is 8.72. The molecule has 5 nitrogen and oxygen atoms in total. The summed E-state index contributed by atoms with van der Waals surface area (Å²) < 4.78 is 0. The lowest BCUT2D eigenvalue weighted by Gasteiger charge is -2.35. The summed E-state index contributed by atoms with van der Waals surface area (Å²) in [6.07, 6.45) is 2.53. The summed E-state index contributed by atoms with van der Waals surface area (Å²) in [4.78, 5) is 13.1. The van der Waals surface area contributed by atoms with Crippen molar-refractivity contribution < 1.29 is 0 Å². The number of aliphatic imine (C=N–C) groups is 1. The zero-order valence-electron chi connectivity index (χ0n) is 16.6. The standard InChI is InChI=1S/C19H35N5S/c1-6-20-19(22-11-18-23-16(4)17(5)25-18)21-8-7-9-24-12-14(2)10-15(3)13-24/h14-15H,6-13H2,1-5H3,(H2,20,21,22). The van der Waals surface area contributed by atoms with Gasteiger partial charge in [-0.25, -0.2) is 9.98 Å². The van der Waals surface area contributed by atoms with E-state index in [9.17, 15) is 0 Å². The van der Waals surface area contributed by atoms with Gasteiger partial charge in [-0.1, -0.05) is 13.8 Å². The molecule has 0 saturated carbocycles. The third kappa shape index (κ3) is 6.94. The van der Waals surface area contributed by atoms with E-state index in [2.05, 4.69) is 60.1 Å². The third-order valence-corrected chi connectivity index (χ3v) is 5.74. The number of nitrogens with one attached hydrogen (secondary N) is 2. The van der Waals surface area contributed by atoms with Gasteiger partial charge in [0.2, 0.25) is 0 Å². The van der Waals surface area contributed by atoms with Gasteiger partial charge in [0.25, 0.3) is 0 Å². The molecule has 0 spiro atoms. The quantitative estimate of drug-likeness (QED) is 0.443. The highest BCUT2D eigenvalue weighted by molar-refractivity contribution is 7.11. The number of piperidine rings is 1. The molecule has 1 saturated heterocycles. The van der Waals surface area contributed by atoms with Crippen molar-refractivity contribution >= 4 is 17.3 Å². The van der Waals surface area contributed by atoms with Crippen molar-refractivity contribution in [2.45, 2.75) is 54.0 Å². The summed E-state index contributed by atoms with van der Waals surface area (Å²) in [5.74, 6) is 2.56. The molecular formula is C19H35N5S. The first-order valence-corrected chi connectivity index (χ1v) is 10.5. The largest absolute Gasteiger partial charge is 0.357 e. The molecule has 0 radical (unpaired) electrons. The molecule has 142 valence electrons. The van der Waals surface area contributed by atoms with Crippen LogP contribution < -0.4 is 10.6 Å². The Balaban J connectivity index is 1.74. The molecule has 1 aromatic heterocycles. The topological polar surface area (TPSA) is 52.6 Å². The van der Waals surface area contributed by atoms with E-state index < -0.39 is 0 Å². The summed E-state index contributed by atoms with van der Waals surface area (Å²) in [6, 6.07) is 0. The first-order valence-electron chi connectivity index (χ1n) is 9.65. The fourth-order valence-electron chi connectivity index (χ4n) is 3.58. The molecule has 1 aliphatic rings. The van der Waals surface area contributed by atoms with Crippen LogP contribution in [-0.2, 0) is 6.54 Å². The highest BCUT2D eigenvalue weighted by Gasteiger charge is 2.20. The predicted molar refractivity (Wildman–Crippen MR) is 108 cm³/mol. The van der Waals surface area contributed by atoms with Gasteiger partial charge < -0.3 is 15.5 Å². The second kappa shape index (κ2) is 10.1. The monoisotopic (exact) mass is 365 g/mol. The molecule has 2 N–H and O–H groups in total. The van der Waals surface area contributed by atoms with E-state index in [1.165, 1.54) is 30.9 Å². The molecule has 1 aromatic rings. The summed E-state index contributed by atoms with van der Waals surface area (Å²) in [5, 5.41) is 7.88. The molecule has 2 atom stereocenters. The number of likely N-dealkylation sites (tertiary alicyclic amines) is 1. The van der Waals surface area contributed by atoms with E-state index in [1.807, 2.05) is 0 Å². The maximum atomic E-state index is 4.68. The van der Waals surface area contributed by atoms with Gasteiger partial charge in [-0.05, 0) is 52.0 Å². The molecule has 2 unspecified atom stereocenters. The van der Waals surface area contributed by atoms with Crippen molar-refractivity contribution in [2.24, 2.45) is 16.8 Å². The zero-order valence-corrected chi connectivity index (χ0v) is 17.4. The van der Waals surface area contributed by atoms with E-state index in [1.54, 1.807) is 11.3 Å². The minimum atomic E-state index is 0.649. The minimum absolute atomic E-state index is 0.649. The van der Waals surface area contributed by atoms with Crippen LogP contribution in [0.3, 0.4) is 0 Å². The van der Waals surface area contributed by atoms with E-state index in [0.717, 1.165) is 48.0 Å². The van der Waals surface area contributed by atoms with Crippen LogP contribution in [-0.4, -0.2) is 48.6 Å². The molecular weight excluding hydrogens is 330 g/mol. The van der Waals surface area contributed by atoms with Crippen molar-refractivity contribution in [3.05, 3.63) is 15.6 Å². The number of hydrogen-bond donors (Lipinski definition) is 2. The SMILES string of the molecule is CCNC(=NCc1nc(C)c(C)s1)NCCCN1CC(C)CC(C)C1. The third-order valence-electron chi connectivity index (χ3n) is 4.68. The van der Waals surface area contributed by atoms with Crippen LogP contribution in [0.25, 0.3) is 0 Å². The van der Waals surface area contributed by atoms with Gasteiger partial charge in [-0.2, -0.15) is 0 Å². The maximum absolute atomic E-state index is 4.68. The Labute approximate surface area is 157 Å². The van der Waals surface area contributed by atoms with Crippen LogP contribution >= 0.6 is 11.3 Å². The summed E-state index contributed by atoms with van der Waals surface area (Å²) in [5.41, 5.74) is 1.12. The van der Waals surface area contributed by atoms with Crippen LogP contribution in [0.4, 0.5) is 0 Å². The van der Waals surface area contributed by atoms with E-state index in [4.69, 9.17) is 0 Å². The Morgan fingerprint density at radius 3 is 2.56 bits per heavy atom. The number of aryl methyl sites for hydroxylation is 2. The number of nitrogens with zero attached hydrogens (tertiary/aromatic N) is 3. The van der Waals surface area contributed by atoms with Crippen molar-refractivity contribution in [2.75, 3.05) is 32.7 Å². The fourth-order valence-corrected chi connectivity index (χ4v) is 4.44. The van der Waals surface area contributed by atoms with Crippen molar-refractivity contribution in [3.63, 3.8) is 0 Å². The summed E-state index contributed by atoms with van der Waals surface area (Å²) in [6.45, 7) is 17.2. The summed E-state index contributed by atoms with van der Waals surface area (Å²) >= 11 is 1.74. The normalized spacial score (nSPS) is 22.2. The fraction of sp³-hybridized carbons (Fsp3) is 0.789. The molecule has 2 heterocycles. The first kappa shape index (κ1) is 20.2. The lowest BCUT2D eigenvalue weighted by molar-refractivity contribution is 0.140. The second-order valence-electron chi connectivity index (χ2n) is 7.43. The van der Waals surface area contributed by atoms with E-state index >= 15 is 0 Å². The molecule has 6 heteroatoms.